The van der Waals surface area contributed by atoms with Crippen molar-refractivity contribution >= 4 is 33.3 Å². The number of amides is 1. The molecule has 1 amide bonds. The third-order valence-corrected chi connectivity index (χ3v) is 8.48. The number of rotatable bonds is 6. The van der Waals surface area contributed by atoms with Crippen LogP contribution in [-0.4, -0.2) is 57.9 Å². The van der Waals surface area contributed by atoms with Crippen LogP contribution in [0.2, 0.25) is 0 Å². The van der Waals surface area contributed by atoms with Crippen molar-refractivity contribution in [3.05, 3.63) is 53.6 Å². The van der Waals surface area contributed by atoms with E-state index in [4.69, 9.17) is 10.00 Å². The van der Waals surface area contributed by atoms with Crippen LogP contribution >= 0.6 is 0 Å². The number of hydrogen-bond donors (Lipinski definition) is 1. The molecule has 0 atom stereocenters. The maximum absolute atomic E-state index is 13.1. The van der Waals surface area contributed by atoms with Crippen molar-refractivity contribution in [2.24, 2.45) is 5.92 Å². The molecule has 0 aromatic heterocycles. The number of sulfonamides is 1. The topological polar surface area (TPSA) is 120 Å². The Kier molecular flexibility index (Phi) is 7.38. The average Bonchev–Trinajstić information content (AvgIpc) is 3.43. The van der Waals surface area contributed by atoms with Crippen molar-refractivity contribution < 1.29 is 22.7 Å². The monoisotopic (exact) mass is 496 g/mol. The van der Waals surface area contributed by atoms with Gasteiger partial charge in [0.25, 0.3) is 0 Å². The van der Waals surface area contributed by atoms with Gasteiger partial charge in [0.05, 0.1) is 40.6 Å². The molecule has 2 fully saturated rings. The van der Waals surface area contributed by atoms with Crippen LogP contribution in [0.25, 0.3) is 0 Å². The van der Waals surface area contributed by atoms with Gasteiger partial charge >= 0.3 is 5.97 Å². The van der Waals surface area contributed by atoms with Crippen LogP contribution in [0.3, 0.4) is 0 Å². The molecule has 2 aliphatic heterocycles. The van der Waals surface area contributed by atoms with Crippen molar-refractivity contribution in [3.8, 4) is 6.07 Å². The van der Waals surface area contributed by atoms with E-state index in [0.717, 1.165) is 31.6 Å². The molecule has 0 bridgehead atoms. The molecule has 10 heteroatoms. The lowest BCUT2D eigenvalue weighted by Crippen LogP contribution is -2.41. The highest BCUT2D eigenvalue weighted by Gasteiger charge is 2.32. The summed E-state index contributed by atoms with van der Waals surface area (Å²) in [6.07, 6.45) is 2.91. The predicted molar refractivity (Wildman–Crippen MR) is 130 cm³/mol. The molecule has 35 heavy (non-hydrogen) atoms. The Hall–Kier alpha value is -3.42. The van der Waals surface area contributed by atoms with Crippen LogP contribution in [0.15, 0.2) is 47.4 Å². The molecule has 1 N–H and O–H groups in total. The number of carbonyl (C=O) groups is 2. The van der Waals surface area contributed by atoms with Crippen molar-refractivity contribution in [3.63, 3.8) is 0 Å². The molecule has 0 spiro atoms. The van der Waals surface area contributed by atoms with E-state index in [1.165, 1.54) is 35.7 Å². The number of nitrogens with zero attached hydrogens (tertiary/aromatic N) is 3. The van der Waals surface area contributed by atoms with Crippen LogP contribution < -0.4 is 10.2 Å². The summed E-state index contributed by atoms with van der Waals surface area (Å²) in [4.78, 5) is 27.5. The Morgan fingerprint density at radius 3 is 2.29 bits per heavy atom. The molecule has 2 heterocycles. The van der Waals surface area contributed by atoms with Gasteiger partial charge in [-0.2, -0.15) is 9.57 Å². The number of piperidine rings is 1. The summed E-state index contributed by atoms with van der Waals surface area (Å²) in [5, 5.41) is 11.9. The molecule has 0 saturated carbocycles. The number of benzene rings is 2. The average molecular weight is 497 g/mol. The first-order valence-corrected chi connectivity index (χ1v) is 13.1. The van der Waals surface area contributed by atoms with Gasteiger partial charge in [-0.1, -0.05) is 0 Å². The number of hydrogen-bond acceptors (Lipinski definition) is 7. The van der Waals surface area contributed by atoms with E-state index in [9.17, 15) is 18.0 Å². The first-order chi connectivity index (χ1) is 16.8. The van der Waals surface area contributed by atoms with Gasteiger partial charge < -0.3 is 15.0 Å². The van der Waals surface area contributed by atoms with Crippen molar-refractivity contribution in [2.45, 2.75) is 30.6 Å². The Morgan fingerprint density at radius 1 is 1.03 bits per heavy atom. The van der Waals surface area contributed by atoms with E-state index in [2.05, 4.69) is 10.2 Å². The summed E-state index contributed by atoms with van der Waals surface area (Å²) < 4.78 is 32.1. The van der Waals surface area contributed by atoms with Crippen LogP contribution in [0.1, 0.15) is 41.6 Å². The van der Waals surface area contributed by atoms with E-state index in [1.54, 1.807) is 12.1 Å². The Labute approximate surface area is 205 Å². The SMILES string of the molecule is COC(=O)c1ccc(N2CCCC2)c(NC(=O)C2CCN(S(=O)(=O)c3ccc(C#N)cc3)CC2)c1. The molecule has 9 nitrogen and oxygen atoms in total. The van der Waals surface area contributed by atoms with Gasteiger partial charge in [-0.15, -0.1) is 0 Å². The van der Waals surface area contributed by atoms with Crippen molar-refractivity contribution in [1.82, 2.24) is 4.31 Å². The third kappa shape index (κ3) is 5.31. The summed E-state index contributed by atoms with van der Waals surface area (Å²) in [5.74, 6) is -1.02. The van der Waals surface area contributed by atoms with Gasteiger partial charge in [0.2, 0.25) is 15.9 Å². The first-order valence-electron chi connectivity index (χ1n) is 11.6. The molecular formula is C25H28N4O5S. The van der Waals surface area contributed by atoms with Crippen LogP contribution in [0.4, 0.5) is 11.4 Å². The quantitative estimate of drug-likeness (QED) is 0.611. The molecule has 2 aliphatic rings. The van der Waals surface area contributed by atoms with E-state index >= 15 is 0 Å². The summed E-state index contributed by atoms with van der Waals surface area (Å²) in [6, 6.07) is 13.0. The minimum atomic E-state index is -3.70. The molecule has 0 unspecified atom stereocenters. The number of methoxy groups -OCH3 is 1. The molecular weight excluding hydrogens is 468 g/mol. The van der Waals surface area contributed by atoms with Gasteiger partial charge in [-0.05, 0) is 68.1 Å². The Balaban J connectivity index is 1.45. The van der Waals surface area contributed by atoms with Gasteiger partial charge in [0.1, 0.15) is 0 Å². The number of anilines is 2. The van der Waals surface area contributed by atoms with Crippen molar-refractivity contribution in [1.29, 1.82) is 5.26 Å². The number of ether oxygens (including phenoxy) is 1. The number of nitriles is 1. The Bertz CT molecular complexity index is 1240. The summed E-state index contributed by atoms with van der Waals surface area (Å²) in [6.45, 7) is 2.21. The fourth-order valence-electron chi connectivity index (χ4n) is 4.56. The fraction of sp³-hybridized carbons (Fsp3) is 0.400. The summed E-state index contributed by atoms with van der Waals surface area (Å²) in [7, 11) is -2.38. The largest absolute Gasteiger partial charge is 0.465 e. The van der Waals surface area contributed by atoms with Crippen LogP contribution in [0.5, 0.6) is 0 Å². The smallest absolute Gasteiger partial charge is 0.337 e. The minimum Gasteiger partial charge on any atom is -0.465 e. The standard InChI is InChI=1S/C25H28N4O5S/c1-34-25(31)20-6-9-23(28-12-2-3-13-28)22(16-20)27-24(30)19-10-14-29(15-11-19)35(32,33)21-7-4-18(17-26)5-8-21/h4-9,16,19H,2-3,10-15H2,1H3,(H,27,30). The summed E-state index contributed by atoms with van der Waals surface area (Å²) >= 11 is 0. The molecule has 2 saturated heterocycles. The maximum Gasteiger partial charge on any atom is 0.337 e. The second-order valence-corrected chi connectivity index (χ2v) is 10.7. The maximum atomic E-state index is 13.1. The zero-order chi connectivity index (χ0) is 25.0. The van der Waals surface area contributed by atoms with E-state index in [0.29, 0.717) is 29.7 Å². The highest BCUT2D eigenvalue weighted by molar-refractivity contribution is 7.89. The van der Waals surface area contributed by atoms with Crippen LogP contribution in [-0.2, 0) is 19.6 Å². The molecule has 0 aliphatic carbocycles. The van der Waals surface area contributed by atoms with Crippen molar-refractivity contribution in [2.75, 3.05) is 43.5 Å². The third-order valence-electron chi connectivity index (χ3n) is 6.57. The Morgan fingerprint density at radius 2 is 1.69 bits per heavy atom. The lowest BCUT2D eigenvalue weighted by Gasteiger charge is -2.31. The van der Waals surface area contributed by atoms with E-state index < -0.39 is 16.0 Å². The molecule has 2 aromatic carbocycles. The second kappa shape index (κ2) is 10.5. The van der Waals surface area contributed by atoms with Crippen LogP contribution in [0, 0.1) is 17.2 Å². The van der Waals surface area contributed by atoms with Gasteiger partial charge in [0, 0.05) is 32.1 Å². The lowest BCUT2D eigenvalue weighted by atomic mass is 9.97. The predicted octanol–water partition coefficient (Wildman–Crippen LogP) is 2.98. The molecule has 0 radical (unpaired) electrons. The normalized spacial score (nSPS) is 17.1. The lowest BCUT2D eigenvalue weighted by molar-refractivity contribution is -0.120. The molecule has 4 rings (SSSR count). The molecule has 2 aromatic rings. The zero-order valence-electron chi connectivity index (χ0n) is 19.6. The summed E-state index contributed by atoms with van der Waals surface area (Å²) in [5.41, 5.74) is 2.18. The fourth-order valence-corrected chi connectivity index (χ4v) is 6.03. The van der Waals surface area contributed by atoms with Gasteiger partial charge in [-0.25, -0.2) is 13.2 Å². The number of nitrogens with one attached hydrogen (secondary N) is 1. The number of carbonyl (C=O) groups excluding carboxylic acids is 2. The first kappa shape index (κ1) is 24.7. The second-order valence-electron chi connectivity index (χ2n) is 8.72. The van der Waals surface area contributed by atoms with E-state index in [1.807, 2.05) is 12.1 Å². The highest BCUT2D eigenvalue weighted by atomic mass is 32.2. The van der Waals surface area contributed by atoms with Gasteiger partial charge in [0.15, 0.2) is 0 Å². The highest BCUT2D eigenvalue weighted by Crippen LogP contribution is 2.32. The van der Waals surface area contributed by atoms with Gasteiger partial charge in [-0.3, -0.25) is 4.79 Å². The number of esters is 1. The van der Waals surface area contributed by atoms with E-state index in [-0.39, 0.29) is 29.8 Å². The minimum absolute atomic E-state index is 0.134. The molecule has 184 valence electrons. The zero-order valence-corrected chi connectivity index (χ0v) is 20.4.